The molecule has 1 N–H and O–H groups in total. The molecule has 1 saturated heterocycles. The van der Waals surface area contributed by atoms with Crippen LogP contribution in [0.15, 0.2) is 47.0 Å². The van der Waals surface area contributed by atoms with Crippen LogP contribution in [0.3, 0.4) is 0 Å². The normalized spacial score (nSPS) is 18.3. The Morgan fingerprint density at radius 1 is 1.13 bits per heavy atom. The van der Waals surface area contributed by atoms with Crippen molar-refractivity contribution >= 4 is 11.6 Å². The van der Waals surface area contributed by atoms with E-state index in [1.165, 1.54) is 12.7 Å². The molecule has 1 aliphatic heterocycles. The monoisotopic (exact) mass is 548 g/mol. The van der Waals surface area contributed by atoms with Crippen molar-refractivity contribution < 1.29 is 22.4 Å². The second kappa shape index (κ2) is 11.2. The van der Waals surface area contributed by atoms with E-state index in [1.54, 1.807) is 6.07 Å². The summed E-state index contributed by atoms with van der Waals surface area (Å²) in [7, 11) is 1.43. The highest BCUT2D eigenvalue weighted by Crippen LogP contribution is 2.48. The minimum atomic E-state index is -4.37. The SMILES string of the molecule is COc1cc(C(F)(F)F)ccc1C1CCN(CCNCc2nc(C3(c4ccc(Cl)cc4)CCC3)no2)CC1. The Bertz CT molecular complexity index is 1220. The first-order chi connectivity index (χ1) is 18.3. The maximum atomic E-state index is 13.1. The van der Waals surface area contributed by atoms with Crippen LogP contribution in [0.4, 0.5) is 13.2 Å². The number of hydrogen-bond acceptors (Lipinski definition) is 6. The molecule has 10 heteroatoms. The zero-order valence-electron chi connectivity index (χ0n) is 21.4. The third-order valence-electron chi connectivity index (χ3n) is 7.97. The highest BCUT2D eigenvalue weighted by molar-refractivity contribution is 6.30. The van der Waals surface area contributed by atoms with E-state index in [2.05, 4.69) is 15.4 Å². The van der Waals surface area contributed by atoms with Crippen LogP contribution in [-0.2, 0) is 18.1 Å². The van der Waals surface area contributed by atoms with Crippen LogP contribution in [0.1, 0.15) is 66.4 Å². The summed E-state index contributed by atoms with van der Waals surface area (Å²) in [5.74, 6) is 1.82. The van der Waals surface area contributed by atoms with Crippen LogP contribution in [-0.4, -0.2) is 48.3 Å². The Hall–Kier alpha value is -2.62. The van der Waals surface area contributed by atoms with Crippen LogP contribution in [0.25, 0.3) is 0 Å². The molecule has 1 aromatic heterocycles. The second-order valence-electron chi connectivity index (χ2n) is 10.2. The molecule has 6 nitrogen and oxygen atoms in total. The van der Waals surface area contributed by atoms with Crippen molar-refractivity contribution in [3.63, 3.8) is 0 Å². The van der Waals surface area contributed by atoms with E-state index in [9.17, 15) is 13.2 Å². The zero-order chi connectivity index (χ0) is 26.8. The van der Waals surface area contributed by atoms with Gasteiger partial charge in [-0.15, -0.1) is 0 Å². The average Bonchev–Trinajstić information content (AvgIpc) is 3.35. The molecule has 0 spiro atoms. The molecule has 0 bridgehead atoms. The van der Waals surface area contributed by atoms with Gasteiger partial charge in [-0.25, -0.2) is 0 Å². The lowest BCUT2D eigenvalue weighted by Crippen LogP contribution is -2.38. The fraction of sp³-hybridized carbons (Fsp3) is 0.500. The van der Waals surface area contributed by atoms with E-state index in [-0.39, 0.29) is 11.3 Å². The summed E-state index contributed by atoms with van der Waals surface area (Å²) >= 11 is 6.07. The van der Waals surface area contributed by atoms with E-state index in [0.29, 0.717) is 23.2 Å². The van der Waals surface area contributed by atoms with Gasteiger partial charge < -0.3 is 19.5 Å². The molecule has 2 fully saturated rings. The lowest BCUT2D eigenvalue weighted by molar-refractivity contribution is -0.137. The van der Waals surface area contributed by atoms with Gasteiger partial charge >= 0.3 is 6.18 Å². The molecule has 2 heterocycles. The average molecular weight is 549 g/mol. The van der Waals surface area contributed by atoms with Crippen LogP contribution in [0.5, 0.6) is 5.75 Å². The van der Waals surface area contributed by atoms with Gasteiger partial charge in [0, 0.05) is 18.1 Å². The van der Waals surface area contributed by atoms with Crippen molar-refractivity contribution in [1.29, 1.82) is 0 Å². The molecular formula is C28H32ClF3N4O2. The number of nitrogens with one attached hydrogen (secondary N) is 1. The Balaban J connectivity index is 1.08. The largest absolute Gasteiger partial charge is 0.496 e. The van der Waals surface area contributed by atoms with E-state index in [4.69, 9.17) is 25.8 Å². The summed E-state index contributed by atoms with van der Waals surface area (Å²) in [6.45, 7) is 3.90. The number of halogens is 4. The fourth-order valence-corrected chi connectivity index (χ4v) is 5.71. The number of piperidine rings is 1. The number of nitrogens with zero attached hydrogens (tertiary/aromatic N) is 3. The van der Waals surface area contributed by atoms with Crippen molar-refractivity contribution in [1.82, 2.24) is 20.4 Å². The molecule has 0 amide bonds. The molecule has 2 aliphatic rings. The Labute approximate surface area is 225 Å². The number of benzene rings is 2. The minimum Gasteiger partial charge on any atom is -0.496 e. The van der Waals surface area contributed by atoms with Crippen molar-refractivity contribution in [3.8, 4) is 5.75 Å². The topological polar surface area (TPSA) is 63.4 Å². The maximum Gasteiger partial charge on any atom is 0.416 e. The summed E-state index contributed by atoms with van der Waals surface area (Å²) in [6.07, 6.45) is 0.501. The Morgan fingerprint density at radius 2 is 1.87 bits per heavy atom. The van der Waals surface area contributed by atoms with Gasteiger partial charge in [-0.1, -0.05) is 41.4 Å². The smallest absolute Gasteiger partial charge is 0.416 e. The molecule has 3 aromatic rings. The first kappa shape index (κ1) is 27.0. The quantitative estimate of drug-likeness (QED) is 0.322. The molecule has 0 unspecified atom stereocenters. The van der Waals surface area contributed by atoms with Crippen molar-refractivity contribution in [2.45, 2.75) is 56.2 Å². The van der Waals surface area contributed by atoms with Crippen LogP contribution < -0.4 is 10.1 Å². The van der Waals surface area contributed by atoms with Crippen LogP contribution in [0, 0.1) is 0 Å². The number of methoxy groups -OCH3 is 1. The van der Waals surface area contributed by atoms with Gasteiger partial charge in [-0.2, -0.15) is 18.2 Å². The molecule has 0 atom stereocenters. The van der Waals surface area contributed by atoms with Gasteiger partial charge in [0.1, 0.15) is 5.75 Å². The number of hydrogen-bond donors (Lipinski definition) is 1. The van der Waals surface area contributed by atoms with Gasteiger partial charge in [0.25, 0.3) is 0 Å². The minimum absolute atomic E-state index is 0.188. The molecule has 38 heavy (non-hydrogen) atoms. The number of aromatic nitrogens is 2. The van der Waals surface area contributed by atoms with Gasteiger partial charge in [0.2, 0.25) is 5.89 Å². The highest BCUT2D eigenvalue weighted by Gasteiger charge is 2.44. The van der Waals surface area contributed by atoms with Gasteiger partial charge in [0.15, 0.2) is 5.82 Å². The van der Waals surface area contributed by atoms with Gasteiger partial charge in [-0.3, -0.25) is 0 Å². The molecule has 204 valence electrons. The predicted molar refractivity (Wildman–Crippen MR) is 138 cm³/mol. The fourth-order valence-electron chi connectivity index (χ4n) is 5.59. The number of rotatable bonds is 9. The second-order valence-corrected chi connectivity index (χ2v) is 10.6. The summed E-state index contributed by atoms with van der Waals surface area (Å²) in [4.78, 5) is 7.06. The molecule has 0 radical (unpaired) electrons. The number of alkyl halides is 3. The van der Waals surface area contributed by atoms with Gasteiger partial charge in [0.05, 0.1) is 24.6 Å². The lowest BCUT2D eigenvalue weighted by Gasteiger charge is -2.39. The summed E-state index contributed by atoms with van der Waals surface area (Å²) < 4.78 is 50.0. The van der Waals surface area contributed by atoms with Crippen molar-refractivity contribution in [2.75, 3.05) is 33.3 Å². The zero-order valence-corrected chi connectivity index (χ0v) is 22.1. The standard InChI is InChI=1S/C28H32ClF3N4O2/c1-37-24-17-21(28(30,31)32)5-8-23(24)19-9-14-36(15-10-19)16-13-33-18-25-34-26(35-38-25)27(11-2-12-27)20-3-6-22(29)7-4-20/h3-8,17,19,33H,2,9-16,18H2,1H3. The predicted octanol–water partition coefficient (Wildman–Crippen LogP) is 6.19. The number of ether oxygens (including phenoxy) is 1. The van der Waals surface area contributed by atoms with Crippen LogP contribution in [0.2, 0.25) is 5.02 Å². The van der Waals surface area contributed by atoms with Crippen LogP contribution >= 0.6 is 11.6 Å². The molecule has 2 aromatic carbocycles. The molecule has 1 saturated carbocycles. The van der Waals surface area contributed by atoms with E-state index in [1.807, 2.05) is 24.3 Å². The molecular weight excluding hydrogens is 517 g/mol. The van der Waals surface area contributed by atoms with E-state index < -0.39 is 11.7 Å². The highest BCUT2D eigenvalue weighted by atomic mass is 35.5. The Kier molecular flexibility index (Phi) is 7.98. The first-order valence-electron chi connectivity index (χ1n) is 13.1. The first-order valence-corrected chi connectivity index (χ1v) is 13.4. The van der Waals surface area contributed by atoms with Gasteiger partial charge in [-0.05, 0) is 80.1 Å². The maximum absolute atomic E-state index is 13.1. The summed E-state index contributed by atoms with van der Waals surface area (Å²) in [5, 5.41) is 8.42. The Morgan fingerprint density at radius 3 is 2.50 bits per heavy atom. The van der Waals surface area contributed by atoms with E-state index >= 15 is 0 Å². The third-order valence-corrected chi connectivity index (χ3v) is 8.22. The molecule has 5 rings (SSSR count). The summed E-state index contributed by atoms with van der Waals surface area (Å²) in [5.41, 5.74) is 1.16. The third kappa shape index (κ3) is 5.70. The number of likely N-dealkylation sites (tertiary alicyclic amines) is 1. The van der Waals surface area contributed by atoms with E-state index in [0.717, 1.165) is 81.8 Å². The lowest BCUT2D eigenvalue weighted by atomic mass is 9.64. The summed E-state index contributed by atoms with van der Waals surface area (Å²) in [6, 6.07) is 11.7. The molecule has 1 aliphatic carbocycles. The van der Waals surface area contributed by atoms with Crippen molar-refractivity contribution in [2.24, 2.45) is 0 Å². The van der Waals surface area contributed by atoms with Crippen molar-refractivity contribution in [3.05, 3.63) is 75.9 Å².